The van der Waals surface area contributed by atoms with Crippen LogP contribution in [0.4, 0.5) is 0 Å². The SMILES string of the molecule is CC(=O)OCC(CNC(=O)CCNCCCNC1O[C@H](CO)[C@@H](O)[C@H](O[C@@H]2O[C@H](CO)[C@@H](O)[C@H](O)[C@H]2O)[C@H]1O)OC(C)=O. The fourth-order valence-electron chi connectivity index (χ4n) is 4.43. The van der Waals surface area contributed by atoms with Gasteiger partial charge in [-0.15, -0.1) is 0 Å². The summed E-state index contributed by atoms with van der Waals surface area (Å²) in [5, 5.41) is 79.2. The predicted octanol–water partition coefficient (Wildman–Crippen LogP) is -5.82. The average Bonchev–Trinajstić information content (AvgIpc) is 2.96. The molecule has 0 aliphatic carbocycles. The summed E-state index contributed by atoms with van der Waals surface area (Å²) in [5.41, 5.74) is 0. The van der Waals surface area contributed by atoms with Gasteiger partial charge in [0.25, 0.3) is 0 Å². The normalized spacial score (nSPS) is 33.4. The summed E-state index contributed by atoms with van der Waals surface area (Å²) >= 11 is 0. The number of carbonyl (C=O) groups excluding carboxylic acids is 3. The fourth-order valence-corrected chi connectivity index (χ4v) is 4.43. The monoisotopic (exact) mass is 627 g/mol. The molecule has 2 rings (SSSR count). The number of esters is 2. The van der Waals surface area contributed by atoms with Crippen molar-refractivity contribution >= 4 is 17.8 Å². The Morgan fingerprint density at radius 3 is 2.12 bits per heavy atom. The number of nitrogens with one attached hydrogen (secondary N) is 3. The lowest BCUT2D eigenvalue weighted by Crippen LogP contribution is -2.66. The number of carbonyl (C=O) groups is 3. The van der Waals surface area contributed by atoms with Gasteiger partial charge in [0.15, 0.2) is 12.4 Å². The summed E-state index contributed by atoms with van der Waals surface area (Å²) in [4.78, 5) is 34.2. The number of rotatable bonds is 17. The van der Waals surface area contributed by atoms with Crippen molar-refractivity contribution in [2.75, 3.05) is 46.0 Å². The van der Waals surface area contributed by atoms with Gasteiger partial charge in [-0.25, -0.2) is 0 Å². The molecule has 2 saturated heterocycles. The zero-order valence-electron chi connectivity index (χ0n) is 24.1. The highest BCUT2D eigenvalue weighted by molar-refractivity contribution is 5.76. The molecule has 2 unspecified atom stereocenters. The van der Waals surface area contributed by atoms with Gasteiger partial charge < -0.3 is 70.1 Å². The van der Waals surface area contributed by atoms with Crippen LogP contribution >= 0.6 is 0 Å². The molecule has 0 radical (unpaired) electrons. The van der Waals surface area contributed by atoms with Crippen molar-refractivity contribution in [1.82, 2.24) is 16.0 Å². The quantitative estimate of drug-likeness (QED) is 0.0531. The van der Waals surface area contributed by atoms with Crippen molar-refractivity contribution in [2.24, 2.45) is 0 Å². The van der Waals surface area contributed by atoms with Crippen molar-refractivity contribution in [3.8, 4) is 0 Å². The molecular formula is C25H45N3O15. The van der Waals surface area contributed by atoms with Gasteiger partial charge in [0.05, 0.1) is 19.8 Å². The molecule has 2 fully saturated rings. The summed E-state index contributed by atoms with van der Waals surface area (Å²) in [7, 11) is 0. The molecule has 250 valence electrons. The summed E-state index contributed by atoms with van der Waals surface area (Å²) in [5.74, 6) is -1.44. The first-order chi connectivity index (χ1) is 20.4. The van der Waals surface area contributed by atoms with Gasteiger partial charge in [0, 0.05) is 26.8 Å². The minimum Gasteiger partial charge on any atom is -0.462 e. The highest BCUT2D eigenvalue weighted by atomic mass is 16.7. The van der Waals surface area contributed by atoms with Gasteiger partial charge in [-0.1, -0.05) is 0 Å². The third-order valence-electron chi connectivity index (χ3n) is 6.74. The van der Waals surface area contributed by atoms with E-state index in [2.05, 4.69) is 16.0 Å². The Morgan fingerprint density at radius 2 is 1.49 bits per heavy atom. The van der Waals surface area contributed by atoms with Gasteiger partial charge in [0.2, 0.25) is 5.91 Å². The average molecular weight is 628 g/mol. The zero-order valence-corrected chi connectivity index (χ0v) is 24.1. The minimum absolute atomic E-state index is 0.0239. The highest BCUT2D eigenvalue weighted by Crippen LogP contribution is 2.28. The summed E-state index contributed by atoms with van der Waals surface area (Å²) < 4.78 is 26.2. The summed E-state index contributed by atoms with van der Waals surface area (Å²) in [6.45, 7) is 1.96. The molecule has 2 aliphatic heterocycles. The fraction of sp³-hybridized carbons (Fsp3) is 0.880. The maximum Gasteiger partial charge on any atom is 0.303 e. The standard InChI is InChI=1S/C25H45N3O15/c1-12(31)39-11-14(40-13(2)32)8-28-17(33)4-7-26-5-3-6-27-24-22(38)23(19(35)16(10-30)41-24)43-25-21(37)20(36)18(34)15(9-29)42-25/h14-16,18-27,29-30,34-38H,3-11H2,1-2H3,(H,28,33)/t14?,15-,16-,18-,19-,20+,21-,22-,23+,24?,25+/m1/s1. The van der Waals surface area contributed by atoms with E-state index in [1.54, 1.807) is 0 Å². The number of ether oxygens (including phenoxy) is 5. The lowest BCUT2D eigenvalue weighted by atomic mass is 9.96. The molecule has 0 aromatic rings. The molecule has 0 saturated carbocycles. The number of hydrogen-bond acceptors (Lipinski definition) is 17. The van der Waals surface area contributed by atoms with Gasteiger partial charge in [-0.3, -0.25) is 19.7 Å². The first-order valence-corrected chi connectivity index (χ1v) is 14.0. The number of aliphatic hydroxyl groups is 7. The first-order valence-electron chi connectivity index (χ1n) is 14.0. The van der Waals surface area contributed by atoms with Gasteiger partial charge >= 0.3 is 11.9 Å². The zero-order chi connectivity index (χ0) is 32.1. The van der Waals surface area contributed by atoms with E-state index < -0.39 is 92.6 Å². The number of hydrogen-bond donors (Lipinski definition) is 10. The Hall–Kier alpha value is -2.07. The predicted molar refractivity (Wildman–Crippen MR) is 142 cm³/mol. The molecule has 10 N–H and O–H groups in total. The Kier molecular flexibility index (Phi) is 16.1. The van der Waals surface area contributed by atoms with Gasteiger partial charge in [-0.2, -0.15) is 0 Å². The van der Waals surface area contributed by atoms with E-state index in [0.29, 0.717) is 26.1 Å². The molecule has 18 heteroatoms. The molecule has 0 aromatic heterocycles. The van der Waals surface area contributed by atoms with Crippen molar-refractivity contribution < 1.29 is 73.8 Å². The largest absolute Gasteiger partial charge is 0.462 e. The molecule has 2 aliphatic rings. The Labute approximate surface area is 248 Å². The lowest BCUT2D eigenvalue weighted by molar-refractivity contribution is -0.343. The minimum atomic E-state index is -1.76. The molecule has 43 heavy (non-hydrogen) atoms. The van der Waals surface area contributed by atoms with E-state index >= 15 is 0 Å². The lowest BCUT2D eigenvalue weighted by Gasteiger charge is -2.46. The smallest absolute Gasteiger partial charge is 0.303 e. The van der Waals surface area contributed by atoms with Crippen molar-refractivity contribution in [3.63, 3.8) is 0 Å². The van der Waals surface area contributed by atoms with Crippen molar-refractivity contribution in [1.29, 1.82) is 0 Å². The van der Waals surface area contributed by atoms with Crippen LogP contribution in [0, 0.1) is 0 Å². The van der Waals surface area contributed by atoms with Crippen LogP contribution in [-0.2, 0) is 38.1 Å². The Bertz CT molecular complexity index is 868. The van der Waals surface area contributed by atoms with Crippen LogP contribution < -0.4 is 16.0 Å². The van der Waals surface area contributed by atoms with Crippen LogP contribution in [0.5, 0.6) is 0 Å². The Balaban J connectivity index is 1.74. The van der Waals surface area contributed by atoms with E-state index in [4.69, 9.17) is 23.7 Å². The van der Waals surface area contributed by atoms with Gasteiger partial charge in [-0.05, 0) is 19.5 Å². The van der Waals surface area contributed by atoms with Crippen LogP contribution in [-0.4, -0.2) is 167 Å². The number of amides is 1. The van der Waals surface area contributed by atoms with Crippen LogP contribution in [0.3, 0.4) is 0 Å². The molecule has 0 bridgehead atoms. The van der Waals surface area contributed by atoms with E-state index in [9.17, 15) is 50.1 Å². The molecular weight excluding hydrogens is 582 g/mol. The Morgan fingerprint density at radius 1 is 0.814 bits per heavy atom. The van der Waals surface area contributed by atoms with Crippen LogP contribution in [0.2, 0.25) is 0 Å². The van der Waals surface area contributed by atoms with Crippen LogP contribution in [0.15, 0.2) is 0 Å². The third kappa shape index (κ3) is 11.7. The maximum atomic E-state index is 12.1. The second kappa shape index (κ2) is 18.7. The maximum absolute atomic E-state index is 12.1. The summed E-state index contributed by atoms with van der Waals surface area (Å²) in [6.07, 6.45) is -15.0. The second-order valence-electron chi connectivity index (χ2n) is 10.2. The molecule has 1 amide bonds. The molecule has 0 aromatic carbocycles. The number of aliphatic hydroxyl groups excluding tert-OH is 7. The molecule has 18 nitrogen and oxygen atoms in total. The summed E-state index contributed by atoms with van der Waals surface area (Å²) in [6, 6.07) is 0. The molecule has 0 spiro atoms. The van der Waals surface area contributed by atoms with E-state index in [1.165, 1.54) is 13.8 Å². The van der Waals surface area contributed by atoms with Crippen LogP contribution in [0.25, 0.3) is 0 Å². The van der Waals surface area contributed by atoms with E-state index in [1.807, 2.05) is 0 Å². The van der Waals surface area contributed by atoms with E-state index in [-0.39, 0.29) is 25.5 Å². The van der Waals surface area contributed by atoms with E-state index in [0.717, 1.165) is 0 Å². The second-order valence-corrected chi connectivity index (χ2v) is 10.2. The third-order valence-corrected chi connectivity index (χ3v) is 6.74. The first kappa shape index (κ1) is 37.1. The van der Waals surface area contributed by atoms with Crippen LogP contribution in [0.1, 0.15) is 26.7 Å². The highest BCUT2D eigenvalue weighted by Gasteiger charge is 2.50. The molecule has 2 heterocycles. The van der Waals surface area contributed by atoms with Gasteiger partial charge in [0.1, 0.15) is 61.7 Å². The van der Waals surface area contributed by atoms with Crippen molar-refractivity contribution in [3.05, 3.63) is 0 Å². The molecule has 11 atom stereocenters. The topological polar surface area (TPSA) is 275 Å². The van der Waals surface area contributed by atoms with Crippen molar-refractivity contribution in [2.45, 2.75) is 94.1 Å².